The van der Waals surface area contributed by atoms with Crippen LogP contribution in [0.4, 0.5) is 29.1 Å². The van der Waals surface area contributed by atoms with E-state index in [1.165, 1.54) is 37.7 Å². The van der Waals surface area contributed by atoms with E-state index in [1.807, 2.05) is 43.4 Å². The summed E-state index contributed by atoms with van der Waals surface area (Å²) in [5.74, 6) is 4.25. The molecular weight excluding hydrogens is 422 g/mol. The topological polar surface area (TPSA) is 60.4 Å². The number of nitrogens with one attached hydrogen (secondary N) is 1. The van der Waals surface area contributed by atoms with Gasteiger partial charge in [0.2, 0.25) is 5.95 Å². The van der Waals surface area contributed by atoms with Crippen LogP contribution in [0.3, 0.4) is 0 Å². The number of piperazine rings is 1. The molecule has 3 heterocycles. The van der Waals surface area contributed by atoms with Crippen molar-refractivity contribution in [3.63, 3.8) is 0 Å². The second-order valence-corrected chi connectivity index (χ2v) is 9.55. The van der Waals surface area contributed by atoms with Crippen LogP contribution in [0.2, 0.25) is 0 Å². The second-order valence-electron chi connectivity index (χ2n) is 9.55. The van der Waals surface area contributed by atoms with Gasteiger partial charge in [-0.05, 0) is 48.6 Å². The molecule has 1 N–H and O–H groups in total. The van der Waals surface area contributed by atoms with Gasteiger partial charge in [-0.15, -0.1) is 0 Å². The molecule has 2 aromatic heterocycles. The van der Waals surface area contributed by atoms with Gasteiger partial charge < -0.3 is 20.0 Å². The molecule has 7 heteroatoms. The molecular formula is C27H35N7. The minimum absolute atomic E-state index is 0.721. The lowest BCUT2D eigenvalue weighted by Gasteiger charge is -2.35. The maximum Gasteiger partial charge on any atom is 0.229 e. The Balaban J connectivity index is 1.29. The van der Waals surface area contributed by atoms with Crippen LogP contribution < -0.4 is 20.0 Å². The van der Waals surface area contributed by atoms with Crippen LogP contribution in [0.25, 0.3) is 0 Å². The number of hydrogen-bond acceptors (Lipinski definition) is 7. The van der Waals surface area contributed by atoms with Crippen LogP contribution in [0.5, 0.6) is 0 Å². The van der Waals surface area contributed by atoms with Crippen molar-refractivity contribution in [1.82, 2.24) is 15.0 Å². The Morgan fingerprint density at radius 2 is 1.59 bits per heavy atom. The molecule has 0 radical (unpaired) electrons. The maximum atomic E-state index is 4.89. The van der Waals surface area contributed by atoms with Crippen molar-refractivity contribution in [3.8, 4) is 0 Å². The van der Waals surface area contributed by atoms with Gasteiger partial charge in [-0.3, -0.25) is 0 Å². The summed E-state index contributed by atoms with van der Waals surface area (Å²) in [6.07, 6.45) is 8.60. The number of rotatable bonds is 6. The van der Waals surface area contributed by atoms with Gasteiger partial charge in [0.05, 0.1) is 0 Å². The van der Waals surface area contributed by atoms with Crippen LogP contribution in [0, 0.1) is 0 Å². The van der Waals surface area contributed by atoms with Gasteiger partial charge in [0.15, 0.2) is 0 Å². The highest BCUT2D eigenvalue weighted by atomic mass is 15.3. The Bertz CT molecular complexity index is 1050. The SMILES string of the molecule is CN(C)c1cc(Nc2ccc(C3CCCCC3)cc2)nc(N2CCN(c3ccccn3)CC2)n1. The molecule has 34 heavy (non-hydrogen) atoms. The van der Waals surface area contributed by atoms with E-state index in [0.29, 0.717) is 0 Å². The summed E-state index contributed by atoms with van der Waals surface area (Å²) in [5, 5.41) is 3.52. The quantitative estimate of drug-likeness (QED) is 0.555. The zero-order valence-electron chi connectivity index (χ0n) is 20.3. The standard InChI is InChI=1S/C27H35N7/c1-32(2)26-20-24(29-23-13-11-22(12-14-23)21-8-4-3-5-9-21)30-27(31-26)34-18-16-33(17-19-34)25-10-6-7-15-28-25/h6-7,10-15,20-21H,3-5,8-9,16-19H2,1-2H3,(H,29,30,31). The highest BCUT2D eigenvalue weighted by molar-refractivity contribution is 5.62. The molecule has 2 aliphatic rings. The zero-order valence-corrected chi connectivity index (χ0v) is 20.3. The van der Waals surface area contributed by atoms with Crippen molar-refractivity contribution in [1.29, 1.82) is 0 Å². The van der Waals surface area contributed by atoms with Crippen LogP contribution >= 0.6 is 0 Å². The van der Waals surface area contributed by atoms with E-state index >= 15 is 0 Å². The monoisotopic (exact) mass is 457 g/mol. The fourth-order valence-corrected chi connectivity index (χ4v) is 4.96. The molecule has 0 spiro atoms. The average molecular weight is 458 g/mol. The molecule has 1 aliphatic carbocycles. The van der Waals surface area contributed by atoms with Crippen molar-refractivity contribution >= 4 is 29.1 Å². The fraction of sp³-hybridized carbons (Fsp3) is 0.444. The highest BCUT2D eigenvalue weighted by Crippen LogP contribution is 2.33. The first-order valence-corrected chi connectivity index (χ1v) is 12.5. The first kappa shape index (κ1) is 22.4. The predicted molar refractivity (Wildman–Crippen MR) is 141 cm³/mol. The third kappa shape index (κ3) is 5.24. The zero-order chi connectivity index (χ0) is 23.3. The van der Waals surface area contributed by atoms with Crippen molar-refractivity contribution < 1.29 is 0 Å². The minimum atomic E-state index is 0.721. The summed E-state index contributed by atoms with van der Waals surface area (Å²) in [6, 6.07) is 17.0. The first-order valence-electron chi connectivity index (χ1n) is 12.5. The second kappa shape index (κ2) is 10.3. The smallest absolute Gasteiger partial charge is 0.229 e. The van der Waals surface area contributed by atoms with Crippen molar-refractivity contribution in [3.05, 3.63) is 60.3 Å². The number of aromatic nitrogens is 3. The Hall–Kier alpha value is -3.35. The lowest BCUT2D eigenvalue weighted by molar-refractivity contribution is 0.443. The summed E-state index contributed by atoms with van der Waals surface area (Å²) >= 11 is 0. The maximum absolute atomic E-state index is 4.89. The summed E-state index contributed by atoms with van der Waals surface area (Å²) in [5.41, 5.74) is 2.53. The van der Waals surface area contributed by atoms with Crippen molar-refractivity contribution in [2.45, 2.75) is 38.0 Å². The Kier molecular flexibility index (Phi) is 6.79. The summed E-state index contributed by atoms with van der Waals surface area (Å²) in [6.45, 7) is 3.53. The van der Waals surface area contributed by atoms with Gasteiger partial charge in [-0.25, -0.2) is 4.98 Å². The van der Waals surface area contributed by atoms with Crippen LogP contribution in [0.1, 0.15) is 43.6 Å². The van der Waals surface area contributed by atoms with Crippen LogP contribution in [0.15, 0.2) is 54.7 Å². The van der Waals surface area contributed by atoms with E-state index in [2.05, 4.69) is 50.4 Å². The summed E-state index contributed by atoms with van der Waals surface area (Å²) in [4.78, 5) is 20.8. The van der Waals surface area contributed by atoms with Crippen molar-refractivity contribution in [2.75, 3.05) is 60.3 Å². The lowest BCUT2D eigenvalue weighted by atomic mass is 9.84. The predicted octanol–water partition coefficient (Wildman–Crippen LogP) is 5.06. The third-order valence-corrected chi connectivity index (χ3v) is 6.95. The molecule has 0 atom stereocenters. The fourth-order valence-electron chi connectivity index (χ4n) is 4.96. The molecule has 0 unspecified atom stereocenters. The molecule has 5 rings (SSSR count). The average Bonchev–Trinajstić information content (AvgIpc) is 2.90. The number of pyridine rings is 1. The molecule has 7 nitrogen and oxygen atoms in total. The van der Waals surface area contributed by atoms with E-state index in [4.69, 9.17) is 9.97 Å². The van der Waals surface area contributed by atoms with Gasteiger partial charge in [0.25, 0.3) is 0 Å². The molecule has 2 fully saturated rings. The molecule has 1 aromatic carbocycles. The number of hydrogen-bond donors (Lipinski definition) is 1. The van der Waals surface area contributed by atoms with E-state index < -0.39 is 0 Å². The van der Waals surface area contributed by atoms with Gasteiger partial charge in [-0.1, -0.05) is 37.5 Å². The molecule has 0 bridgehead atoms. The van der Waals surface area contributed by atoms with E-state index in [-0.39, 0.29) is 0 Å². The molecule has 0 amide bonds. The molecule has 178 valence electrons. The Morgan fingerprint density at radius 3 is 2.26 bits per heavy atom. The molecule has 1 saturated heterocycles. The van der Waals surface area contributed by atoms with E-state index in [1.54, 1.807) is 0 Å². The van der Waals surface area contributed by atoms with Gasteiger partial charge in [0.1, 0.15) is 17.5 Å². The lowest BCUT2D eigenvalue weighted by Crippen LogP contribution is -2.47. The van der Waals surface area contributed by atoms with Gasteiger partial charge in [-0.2, -0.15) is 9.97 Å². The molecule has 3 aromatic rings. The Morgan fingerprint density at radius 1 is 0.853 bits per heavy atom. The van der Waals surface area contributed by atoms with Gasteiger partial charge >= 0.3 is 0 Å². The summed E-state index contributed by atoms with van der Waals surface area (Å²) in [7, 11) is 4.04. The minimum Gasteiger partial charge on any atom is -0.363 e. The highest BCUT2D eigenvalue weighted by Gasteiger charge is 2.21. The van der Waals surface area contributed by atoms with Crippen LogP contribution in [-0.4, -0.2) is 55.2 Å². The third-order valence-electron chi connectivity index (χ3n) is 6.95. The van der Waals surface area contributed by atoms with Crippen LogP contribution in [-0.2, 0) is 0 Å². The van der Waals surface area contributed by atoms with Crippen molar-refractivity contribution in [2.24, 2.45) is 0 Å². The largest absolute Gasteiger partial charge is 0.363 e. The van der Waals surface area contributed by atoms with E-state index in [0.717, 1.165) is 61.2 Å². The number of anilines is 5. The molecule has 1 aliphatic heterocycles. The summed E-state index contributed by atoms with van der Waals surface area (Å²) < 4.78 is 0. The normalized spacial score (nSPS) is 17.0. The van der Waals surface area contributed by atoms with E-state index in [9.17, 15) is 0 Å². The van der Waals surface area contributed by atoms with Gasteiger partial charge in [0, 0.05) is 58.2 Å². The number of nitrogens with zero attached hydrogens (tertiary/aromatic N) is 6. The first-order chi connectivity index (χ1) is 16.7. The Labute approximate surface area is 202 Å². The molecule has 1 saturated carbocycles. The number of benzene rings is 1.